The molecule has 2 saturated heterocycles. The van der Waals surface area contributed by atoms with E-state index in [1.54, 1.807) is 6.07 Å². The normalized spacial score (nSPS) is 23.1. The van der Waals surface area contributed by atoms with Crippen LogP contribution in [-0.4, -0.2) is 37.0 Å². The molecule has 3 rings (SSSR count). The lowest BCUT2D eigenvalue weighted by Crippen LogP contribution is -2.44. The molecule has 2 aliphatic rings. The number of ether oxygens (including phenoxy) is 2. The van der Waals surface area contributed by atoms with Gasteiger partial charge < -0.3 is 9.47 Å². The molecular formula is C14H17ClFNO2. The van der Waals surface area contributed by atoms with Crippen LogP contribution in [0.1, 0.15) is 18.4 Å². The Kier molecular flexibility index (Phi) is 3.76. The highest BCUT2D eigenvalue weighted by molar-refractivity contribution is 6.30. The van der Waals surface area contributed by atoms with Gasteiger partial charge in [-0.3, -0.25) is 4.90 Å². The summed E-state index contributed by atoms with van der Waals surface area (Å²) in [5.41, 5.74) is 0.950. The molecule has 5 heteroatoms. The average Bonchev–Trinajstić information content (AvgIpc) is 2.86. The van der Waals surface area contributed by atoms with Crippen molar-refractivity contribution in [1.82, 2.24) is 4.90 Å². The molecule has 0 N–H and O–H groups in total. The summed E-state index contributed by atoms with van der Waals surface area (Å²) in [6, 6.07) is 4.99. The van der Waals surface area contributed by atoms with Crippen molar-refractivity contribution in [3.05, 3.63) is 34.6 Å². The number of likely N-dealkylation sites (tertiary alicyclic amines) is 1. The van der Waals surface area contributed by atoms with Gasteiger partial charge >= 0.3 is 0 Å². The van der Waals surface area contributed by atoms with Crippen molar-refractivity contribution in [3.8, 4) is 0 Å². The number of hydrogen-bond donors (Lipinski definition) is 0. The minimum Gasteiger partial charge on any atom is -0.347 e. The van der Waals surface area contributed by atoms with Crippen LogP contribution < -0.4 is 0 Å². The zero-order chi connectivity index (χ0) is 13.3. The van der Waals surface area contributed by atoms with Crippen LogP contribution in [0.5, 0.6) is 0 Å². The number of piperidine rings is 1. The van der Waals surface area contributed by atoms with Crippen LogP contribution in [0.2, 0.25) is 5.02 Å². The number of benzene rings is 1. The number of nitrogens with zero attached hydrogens (tertiary/aromatic N) is 1. The molecule has 0 aliphatic carbocycles. The molecular weight excluding hydrogens is 269 g/mol. The fourth-order valence-corrected chi connectivity index (χ4v) is 2.85. The predicted molar refractivity (Wildman–Crippen MR) is 70.6 cm³/mol. The summed E-state index contributed by atoms with van der Waals surface area (Å²) < 4.78 is 24.8. The largest absolute Gasteiger partial charge is 0.347 e. The lowest BCUT2D eigenvalue weighted by molar-refractivity contribution is -0.185. The molecule has 0 saturated carbocycles. The maximum atomic E-state index is 13.4. The molecule has 0 radical (unpaired) electrons. The first-order chi connectivity index (χ1) is 9.17. The Bertz CT molecular complexity index is 453. The summed E-state index contributed by atoms with van der Waals surface area (Å²) in [4.78, 5) is 2.29. The second kappa shape index (κ2) is 5.37. The summed E-state index contributed by atoms with van der Waals surface area (Å²) in [5.74, 6) is -0.697. The second-order valence-corrected chi connectivity index (χ2v) is 5.54. The number of rotatable bonds is 2. The lowest BCUT2D eigenvalue weighted by Gasteiger charge is -2.37. The smallest absolute Gasteiger partial charge is 0.170 e. The standard InChI is InChI=1S/C14H17ClFNO2/c15-12-2-1-11(9-13(12)16)10-17-5-3-14(4-6-17)18-7-8-19-14/h1-2,9H,3-8,10H2. The van der Waals surface area contributed by atoms with Crippen molar-refractivity contribution in [2.45, 2.75) is 25.2 Å². The van der Waals surface area contributed by atoms with Crippen molar-refractivity contribution in [2.75, 3.05) is 26.3 Å². The Morgan fingerprint density at radius 3 is 2.53 bits per heavy atom. The van der Waals surface area contributed by atoms with Crippen LogP contribution in [0.15, 0.2) is 18.2 Å². The van der Waals surface area contributed by atoms with Gasteiger partial charge in [0.15, 0.2) is 5.79 Å². The molecule has 1 aromatic carbocycles. The van der Waals surface area contributed by atoms with Crippen LogP contribution in [0.3, 0.4) is 0 Å². The second-order valence-electron chi connectivity index (χ2n) is 5.13. The zero-order valence-electron chi connectivity index (χ0n) is 10.7. The highest BCUT2D eigenvalue weighted by atomic mass is 35.5. The van der Waals surface area contributed by atoms with Gasteiger partial charge in [-0.1, -0.05) is 17.7 Å². The molecule has 19 heavy (non-hydrogen) atoms. The third-order valence-electron chi connectivity index (χ3n) is 3.82. The average molecular weight is 286 g/mol. The molecule has 0 unspecified atom stereocenters. The molecule has 1 spiro atoms. The van der Waals surface area contributed by atoms with E-state index in [4.69, 9.17) is 21.1 Å². The summed E-state index contributed by atoms with van der Waals surface area (Å²) in [6.07, 6.45) is 1.76. The summed E-state index contributed by atoms with van der Waals surface area (Å²) in [7, 11) is 0. The zero-order valence-corrected chi connectivity index (χ0v) is 11.5. The molecule has 0 aromatic heterocycles. The monoisotopic (exact) mass is 285 g/mol. The predicted octanol–water partition coefficient (Wildman–Crippen LogP) is 2.82. The highest BCUT2D eigenvalue weighted by Gasteiger charge is 2.39. The van der Waals surface area contributed by atoms with E-state index in [2.05, 4.69) is 4.90 Å². The Labute approximate surface area is 117 Å². The Hall–Kier alpha value is -0.680. The lowest BCUT2D eigenvalue weighted by atomic mass is 10.0. The van der Waals surface area contributed by atoms with Crippen molar-refractivity contribution in [1.29, 1.82) is 0 Å². The van der Waals surface area contributed by atoms with Gasteiger partial charge in [-0.15, -0.1) is 0 Å². The molecule has 2 heterocycles. The van der Waals surface area contributed by atoms with E-state index in [0.29, 0.717) is 13.2 Å². The van der Waals surface area contributed by atoms with E-state index in [1.807, 2.05) is 6.07 Å². The molecule has 0 atom stereocenters. The summed E-state index contributed by atoms with van der Waals surface area (Å²) in [5, 5.41) is 0.175. The first-order valence-electron chi connectivity index (χ1n) is 6.61. The van der Waals surface area contributed by atoms with Crippen molar-refractivity contribution in [2.24, 2.45) is 0 Å². The van der Waals surface area contributed by atoms with Gasteiger partial charge in [0.1, 0.15) is 5.82 Å². The third kappa shape index (κ3) is 2.92. The van der Waals surface area contributed by atoms with E-state index < -0.39 is 0 Å². The van der Waals surface area contributed by atoms with Crippen molar-refractivity contribution < 1.29 is 13.9 Å². The first-order valence-corrected chi connectivity index (χ1v) is 6.99. The van der Waals surface area contributed by atoms with Gasteiger partial charge in [0.05, 0.1) is 18.2 Å². The SMILES string of the molecule is Fc1cc(CN2CCC3(CC2)OCCO3)ccc1Cl. The van der Waals surface area contributed by atoms with Gasteiger partial charge in [0, 0.05) is 32.5 Å². The van der Waals surface area contributed by atoms with Gasteiger partial charge in [0.25, 0.3) is 0 Å². The van der Waals surface area contributed by atoms with E-state index >= 15 is 0 Å². The minimum atomic E-state index is -0.352. The van der Waals surface area contributed by atoms with Crippen molar-refractivity contribution >= 4 is 11.6 Å². The molecule has 0 bridgehead atoms. The van der Waals surface area contributed by atoms with Crippen LogP contribution in [0, 0.1) is 5.82 Å². The minimum absolute atomic E-state index is 0.175. The Morgan fingerprint density at radius 2 is 1.89 bits per heavy atom. The van der Waals surface area contributed by atoms with Gasteiger partial charge in [-0.25, -0.2) is 4.39 Å². The molecule has 104 valence electrons. The van der Waals surface area contributed by atoms with Crippen molar-refractivity contribution in [3.63, 3.8) is 0 Å². The van der Waals surface area contributed by atoms with Crippen LogP contribution in [0.4, 0.5) is 4.39 Å². The van der Waals surface area contributed by atoms with Gasteiger partial charge in [-0.05, 0) is 17.7 Å². The summed E-state index contributed by atoms with van der Waals surface area (Å²) >= 11 is 5.68. The first kappa shape index (κ1) is 13.3. The topological polar surface area (TPSA) is 21.7 Å². The van der Waals surface area contributed by atoms with Gasteiger partial charge in [-0.2, -0.15) is 0 Å². The van der Waals surface area contributed by atoms with E-state index in [1.165, 1.54) is 6.07 Å². The fourth-order valence-electron chi connectivity index (χ4n) is 2.73. The Balaban J connectivity index is 1.58. The number of hydrogen-bond acceptors (Lipinski definition) is 3. The maximum absolute atomic E-state index is 13.4. The molecule has 0 amide bonds. The van der Waals surface area contributed by atoms with E-state index in [0.717, 1.165) is 38.0 Å². The van der Waals surface area contributed by atoms with Gasteiger partial charge in [0.2, 0.25) is 0 Å². The Morgan fingerprint density at radius 1 is 1.21 bits per heavy atom. The quantitative estimate of drug-likeness (QED) is 0.834. The molecule has 2 fully saturated rings. The molecule has 1 aromatic rings. The fraction of sp³-hybridized carbons (Fsp3) is 0.571. The third-order valence-corrected chi connectivity index (χ3v) is 4.13. The van der Waals surface area contributed by atoms with Crippen LogP contribution in [-0.2, 0) is 16.0 Å². The maximum Gasteiger partial charge on any atom is 0.170 e. The number of halogens is 2. The summed E-state index contributed by atoms with van der Waals surface area (Å²) in [6.45, 7) is 3.95. The van der Waals surface area contributed by atoms with E-state index in [-0.39, 0.29) is 16.6 Å². The van der Waals surface area contributed by atoms with E-state index in [9.17, 15) is 4.39 Å². The molecule has 2 aliphatic heterocycles. The highest BCUT2D eigenvalue weighted by Crippen LogP contribution is 2.31. The van der Waals surface area contributed by atoms with Crippen LogP contribution in [0.25, 0.3) is 0 Å². The van der Waals surface area contributed by atoms with Crippen LogP contribution >= 0.6 is 11.6 Å². The molecule has 3 nitrogen and oxygen atoms in total.